The van der Waals surface area contributed by atoms with Gasteiger partial charge in [0, 0.05) is 5.56 Å². The molecule has 1 atom stereocenters. The second-order valence-corrected chi connectivity index (χ2v) is 4.72. The standard InChI is InChI=1S/C17H25FO/c1-4-7-8-10-14(9-5-2)16-13-15(18)11-12-17(16)19-6-3/h7-8,11-14H,4-6,9-10H2,1-3H3/b8-7-. The van der Waals surface area contributed by atoms with Crippen molar-refractivity contribution in [2.24, 2.45) is 0 Å². The van der Waals surface area contributed by atoms with E-state index in [0.717, 1.165) is 37.0 Å². The molecule has 0 heterocycles. The van der Waals surface area contributed by atoms with Gasteiger partial charge in [-0.05, 0) is 50.3 Å². The fourth-order valence-electron chi connectivity index (χ4n) is 2.30. The molecule has 1 aromatic rings. The van der Waals surface area contributed by atoms with Gasteiger partial charge >= 0.3 is 0 Å². The van der Waals surface area contributed by atoms with E-state index in [0.29, 0.717) is 12.5 Å². The SMILES string of the molecule is CC/C=C\CC(CCC)c1cc(F)ccc1OCC. The fraction of sp³-hybridized carbons (Fsp3) is 0.529. The van der Waals surface area contributed by atoms with Crippen molar-refractivity contribution in [2.45, 2.75) is 52.4 Å². The quantitative estimate of drug-likeness (QED) is 0.566. The predicted octanol–water partition coefficient (Wildman–Crippen LogP) is 5.46. The minimum atomic E-state index is -0.181. The van der Waals surface area contributed by atoms with Gasteiger partial charge < -0.3 is 4.74 Å². The lowest BCUT2D eigenvalue weighted by molar-refractivity contribution is 0.332. The molecule has 106 valence electrons. The highest BCUT2D eigenvalue weighted by Gasteiger charge is 2.15. The first-order valence-corrected chi connectivity index (χ1v) is 7.30. The Kier molecular flexibility index (Phi) is 7.24. The molecule has 0 aliphatic heterocycles. The van der Waals surface area contributed by atoms with Crippen LogP contribution in [0.3, 0.4) is 0 Å². The van der Waals surface area contributed by atoms with Gasteiger partial charge in [0.2, 0.25) is 0 Å². The molecule has 1 aromatic carbocycles. The zero-order valence-electron chi connectivity index (χ0n) is 12.3. The molecule has 1 nitrogen and oxygen atoms in total. The smallest absolute Gasteiger partial charge is 0.123 e. The third kappa shape index (κ3) is 5.06. The van der Waals surface area contributed by atoms with Crippen LogP contribution in [0.2, 0.25) is 0 Å². The molecule has 0 radical (unpaired) electrons. The Balaban J connectivity index is 2.97. The minimum Gasteiger partial charge on any atom is -0.494 e. The van der Waals surface area contributed by atoms with Gasteiger partial charge in [-0.25, -0.2) is 4.39 Å². The number of rotatable bonds is 8. The summed E-state index contributed by atoms with van der Waals surface area (Å²) in [4.78, 5) is 0. The average Bonchev–Trinajstić information content (AvgIpc) is 2.40. The van der Waals surface area contributed by atoms with E-state index in [2.05, 4.69) is 26.0 Å². The molecule has 0 N–H and O–H groups in total. The Labute approximate surface area is 116 Å². The maximum absolute atomic E-state index is 13.5. The highest BCUT2D eigenvalue weighted by atomic mass is 19.1. The van der Waals surface area contributed by atoms with E-state index in [1.54, 1.807) is 12.1 Å². The first-order chi connectivity index (χ1) is 9.22. The van der Waals surface area contributed by atoms with Crippen molar-refractivity contribution in [3.63, 3.8) is 0 Å². The van der Waals surface area contributed by atoms with Gasteiger partial charge in [-0.3, -0.25) is 0 Å². The second-order valence-electron chi connectivity index (χ2n) is 4.72. The molecule has 0 amide bonds. The number of ether oxygens (including phenoxy) is 1. The van der Waals surface area contributed by atoms with Crippen molar-refractivity contribution in [1.82, 2.24) is 0 Å². The Bertz CT molecular complexity index is 398. The van der Waals surface area contributed by atoms with Gasteiger partial charge in [-0.1, -0.05) is 32.4 Å². The Hall–Kier alpha value is -1.31. The molecule has 19 heavy (non-hydrogen) atoms. The summed E-state index contributed by atoms with van der Waals surface area (Å²) >= 11 is 0. The summed E-state index contributed by atoms with van der Waals surface area (Å²) in [5.74, 6) is 0.983. The topological polar surface area (TPSA) is 9.23 Å². The number of hydrogen-bond acceptors (Lipinski definition) is 1. The largest absolute Gasteiger partial charge is 0.494 e. The molecule has 2 heteroatoms. The zero-order chi connectivity index (χ0) is 14.1. The van der Waals surface area contributed by atoms with Gasteiger partial charge in [0.25, 0.3) is 0 Å². The first-order valence-electron chi connectivity index (χ1n) is 7.30. The number of hydrogen-bond donors (Lipinski definition) is 0. The van der Waals surface area contributed by atoms with Crippen LogP contribution in [0.25, 0.3) is 0 Å². The maximum atomic E-state index is 13.5. The van der Waals surface area contributed by atoms with E-state index in [9.17, 15) is 4.39 Å². The first kappa shape index (κ1) is 15.7. The monoisotopic (exact) mass is 264 g/mol. The molecule has 1 unspecified atom stereocenters. The summed E-state index contributed by atoms with van der Waals surface area (Å²) in [6, 6.07) is 4.85. The van der Waals surface area contributed by atoms with Crippen LogP contribution in [0.5, 0.6) is 5.75 Å². The summed E-state index contributed by atoms with van der Waals surface area (Å²) in [5, 5.41) is 0. The van der Waals surface area contributed by atoms with Crippen LogP contribution < -0.4 is 4.74 Å². The van der Waals surface area contributed by atoms with E-state index in [1.807, 2.05) is 6.92 Å². The summed E-state index contributed by atoms with van der Waals surface area (Å²) in [5.41, 5.74) is 1.00. The Morgan fingerprint density at radius 3 is 2.63 bits per heavy atom. The number of benzene rings is 1. The second kappa shape index (κ2) is 8.73. The predicted molar refractivity (Wildman–Crippen MR) is 79.3 cm³/mol. The normalized spacial score (nSPS) is 12.8. The molecule has 0 bridgehead atoms. The summed E-state index contributed by atoms with van der Waals surface area (Å²) in [7, 11) is 0. The molecule has 0 fully saturated rings. The number of halogens is 1. The lowest BCUT2D eigenvalue weighted by Crippen LogP contribution is -2.03. The van der Waals surface area contributed by atoms with Gasteiger partial charge in [0.1, 0.15) is 11.6 Å². The van der Waals surface area contributed by atoms with Crippen molar-refractivity contribution in [3.05, 3.63) is 41.7 Å². The molecule has 0 aromatic heterocycles. The van der Waals surface area contributed by atoms with Gasteiger partial charge in [-0.2, -0.15) is 0 Å². The minimum absolute atomic E-state index is 0.181. The highest BCUT2D eigenvalue weighted by molar-refractivity contribution is 5.37. The molecular formula is C17H25FO. The summed E-state index contributed by atoms with van der Waals surface area (Å²) in [6.07, 6.45) is 8.50. The van der Waals surface area contributed by atoms with E-state index in [1.165, 1.54) is 6.07 Å². The third-order valence-electron chi connectivity index (χ3n) is 3.17. The molecule has 1 rings (SSSR count). The van der Waals surface area contributed by atoms with E-state index >= 15 is 0 Å². The molecule has 0 spiro atoms. The van der Waals surface area contributed by atoms with Crippen LogP contribution in [-0.2, 0) is 0 Å². The molecule has 0 aliphatic rings. The van der Waals surface area contributed by atoms with Crippen molar-refractivity contribution < 1.29 is 9.13 Å². The number of allylic oxidation sites excluding steroid dienone is 2. The fourth-order valence-corrected chi connectivity index (χ4v) is 2.30. The molecule has 0 saturated carbocycles. The molecule has 0 aliphatic carbocycles. The van der Waals surface area contributed by atoms with Gasteiger partial charge in [0.15, 0.2) is 0 Å². The third-order valence-corrected chi connectivity index (χ3v) is 3.17. The van der Waals surface area contributed by atoms with E-state index < -0.39 is 0 Å². The van der Waals surface area contributed by atoms with Crippen LogP contribution in [0, 0.1) is 5.82 Å². The molecule has 0 saturated heterocycles. The van der Waals surface area contributed by atoms with Crippen molar-refractivity contribution in [2.75, 3.05) is 6.61 Å². The summed E-state index contributed by atoms with van der Waals surface area (Å²) in [6.45, 7) is 6.86. The van der Waals surface area contributed by atoms with Crippen LogP contribution in [0.1, 0.15) is 57.9 Å². The van der Waals surface area contributed by atoms with Crippen LogP contribution in [-0.4, -0.2) is 6.61 Å². The van der Waals surface area contributed by atoms with Crippen molar-refractivity contribution in [1.29, 1.82) is 0 Å². The van der Waals surface area contributed by atoms with E-state index in [-0.39, 0.29) is 5.82 Å². The highest BCUT2D eigenvalue weighted by Crippen LogP contribution is 2.33. The van der Waals surface area contributed by atoms with Crippen LogP contribution in [0.4, 0.5) is 4.39 Å². The lowest BCUT2D eigenvalue weighted by atomic mass is 9.90. The summed E-state index contributed by atoms with van der Waals surface area (Å²) < 4.78 is 19.1. The van der Waals surface area contributed by atoms with Crippen LogP contribution in [0.15, 0.2) is 30.4 Å². The van der Waals surface area contributed by atoms with Crippen molar-refractivity contribution in [3.8, 4) is 5.75 Å². The lowest BCUT2D eigenvalue weighted by Gasteiger charge is -2.19. The van der Waals surface area contributed by atoms with Crippen LogP contribution >= 0.6 is 0 Å². The Morgan fingerprint density at radius 1 is 1.21 bits per heavy atom. The van der Waals surface area contributed by atoms with Gasteiger partial charge in [-0.15, -0.1) is 0 Å². The van der Waals surface area contributed by atoms with Gasteiger partial charge in [0.05, 0.1) is 6.61 Å². The average molecular weight is 264 g/mol. The van der Waals surface area contributed by atoms with Crippen molar-refractivity contribution >= 4 is 0 Å². The molecular weight excluding hydrogens is 239 g/mol. The zero-order valence-corrected chi connectivity index (χ0v) is 12.3. The maximum Gasteiger partial charge on any atom is 0.123 e. The van der Waals surface area contributed by atoms with E-state index in [4.69, 9.17) is 4.74 Å². The Morgan fingerprint density at radius 2 is 2.00 bits per heavy atom.